The quantitative estimate of drug-likeness (QED) is 0.615. The van der Waals surface area contributed by atoms with Gasteiger partial charge in [0.2, 0.25) is 0 Å². The van der Waals surface area contributed by atoms with Gasteiger partial charge in [0.25, 0.3) is 5.91 Å². The van der Waals surface area contributed by atoms with E-state index in [1.54, 1.807) is 20.0 Å². The van der Waals surface area contributed by atoms with Gasteiger partial charge < -0.3 is 5.73 Å². The lowest BCUT2D eigenvalue weighted by Gasteiger charge is -1.94. The van der Waals surface area contributed by atoms with Crippen LogP contribution in [0.25, 0.3) is 0 Å². The largest absolute Gasteiger partial charge is 0.351 e. The summed E-state index contributed by atoms with van der Waals surface area (Å²) in [7, 11) is 1.70. The lowest BCUT2D eigenvalue weighted by Crippen LogP contribution is -2.35. The van der Waals surface area contributed by atoms with E-state index >= 15 is 0 Å². The van der Waals surface area contributed by atoms with Crippen molar-refractivity contribution in [2.45, 2.75) is 6.92 Å². The molecule has 0 atom stereocenters. The molecular weight excluding hydrogens is 172 g/mol. The van der Waals surface area contributed by atoms with Gasteiger partial charge in [0.15, 0.2) is 5.69 Å². The van der Waals surface area contributed by atoms with Crippen LogP contribution in [-0.4, -0.2) is 21.7 Å². The molecule has 1 aromatic heterocycles. The summed E-state index contributed by atoms with van der Waals surface area (Å²) in [6, 6.07) is 0.687. The van der Waals surface area contributed by atoms with Crippen molar-refractivity contribution in [1.82, 2.24) is 15.1 Å². The molecular formula is C7H10N4O2. The van der Waals surface area contributed by atoms with Crippen LogP contribution in [-0.2, 0) is 7.05 Å². The van der Waals surface area contributed by atoms with Crippen molar-refractivity contribution in [1.29, 1.82) is 0 Å². The van der Waals surface area contributed by atoms with Crippen LogP contribution in [0.5, 0.6) is 0 Å². The van der Waals surface area contributed by atoms with E-state index in [9.17, 15) is 9.59 Å². The van der Waals surface area contributed by atoms with E-state index in [4.69, 9.17) is 5.73 Å². The molecule has 0 aliphatic rings. The highest BCUT2D eigenvalue weighted by atomic mass is 16.2. The van der Waals surface area contributed by atoms with Gasteiger partial charge in [-0.1, -0.05) is 0 Å². The molecule has 1 heterocycles. The zero-order chi connectivity index (χ0) is 10.0. The summed E-state index contributed by atoms with van der Waals surface area (Å²) < 4.78 is 1.54. The lowest BCUT2D eigenvalue weighted by atomic mass is 10.3. The molecule has 0 radical (unpaired) electrons. The van der Waals surface area contributed by atoms with Gasteiger partial charge in [-0.25, -0.2) is 4.79 Å². The summed E-state index contributed by atoms with van der Waals surface area (Å²) in [5, 5.41) is 5.78. The normalized spacial score (nSPS) is 9.69. The lowest BCUT2D eigenvalue weighted by molar-refractivity contribution is 0.0960. The molecule has 3 N–H and O–H groups in total. The Labute approximate surface area is 74.7 Å². The number of primary amides is 1. The maximum absolute atomic E-state index is 11.1. The number of nitrogens with one attached hydrogen (secondary N) is 1. The van der Waals surface area contributed by atoms with Crippen LogP contribution >= 0.6 is 0 Å². The first-order chi connectivity index (χ1) is 6.00. The number of rotatable bonds is 1. The number of carbonyl (C=O) groups is 2. The minimum atomic E-state index is -0.881. The first-order valence-electron chi connectivity index (χ1n) is 3.62. The highest BCUT2D eigenvalue weighted by Gasteiger charge is 2.11. The molecule has 0 saturated heterocycles. The van der Waals surface area contributed by atoms with Crippen molar-refractivity contribution in [3.63, 3.8) is 0 Å². The number of nitrogens with zero attached hydrogens (tertiary/aromatic N) is 2. The van der Waals surface area contributed by atoms with Crippen LogP contribution < -0.4 is 11.1 Å². The SMILES string of the molecule is Cc1cc(C(=O)NC(N)=O)nn1C. The van der Waals surface area contributed by atoms with Gasteiger partial charge in [-0.3, -0.25) is 14.8 Å². The topological polar surface area (TPSA) is 90.0 Å². The summed E-state index contributed by atoms with van der Waals surface area (Å²) in [6.45, 7) is 1.80. The first-order valence-corrected chi connectivity index (χ1v) is 3.62. The van der Waals surface area contributed by atoms with E-state index in [0.717, 1.165) is 5.69 Å². The fraction of sp³-hybridized carbons (Fsp3) is 0.286. The number of hydrogen-bond acceptors (Lipinski definition) is 3. The smallest absolute Gasteiger partial charge is 0.319 e. The number of imide groups is 1. The highest BCUT2D eigenvalue weighted by molar-refractivity contribution is 6.02. The number of aryl methyl sites for hydroxylation is 2. The van der Waals surface area contributed by atoms with Crippen molar-refractivity contribution in [2.24, 2.45) is 12.8 Å². The molecule has 0 spiro atoms. The van der Waals surface area contributed by atoms with Gasteiger partial charge in [-0.05, 0) is 13.0 Å². The summed E-state index contributed by atoms with van der Waals surface area (Å²) in [4.78, 5) is 21.5. The number of hydrogen-bond donors (Lipinski definition) is 2. The van der Waals surface area contributed by atoms with Crippen LogP contribution in [0, 0.1) is 6.92 Å². The molecule has 70 valence electrons. The molecule has 1 rings (SSSR count). The average molecular weight is 182 g/mol. The van der Waals surface area contributed by atoms with E-state index in [-0.39, 0.29) is 5.69 Å². The average Bonchev–Trinajstić information content (AvgIpc) is 2.31. The van der Waals surface area contributed by atoms with E-state index in [2.05, 4.69) is 5.10 Å². The Bertz CT molecular complexity index is 336. The van der Waals surface area contributed by atoms with Crippen LogP contribution in [0.1, 0.15) is 16.2 Å². The van der Waals surface area contributed by atoms with Gasteiger partial charge in [0.1, 0.15) is 0 Å². The fourth-order valence-electron chi connectivity index (χ4n) is 0.848. The number of nitrogens with two attached hydrogens (primary N) is 1. The van der Waals surface area contributed by atoms with Crippen molar-refractivity contribution >= 4 is 11.9 Å². The predicted molar refractivity (Wildman–Crippen MR) is 45.0 cm³/mol. The highest BCUT2D eigenvalue weighted by Crippen LogP contribution is 2.00. The van der Waals surface area contributed by atoms with E-state index in [0.29, 0.717) is 0 Å². The monoisotopic (exact) mass is 182 g/mol. The number of urea groups is 1. The maximum atomic E-state index is 11.1. The Hall–Kier alpha value is -1.85. The van der Waals surface area contributed by atoms with Crippen LogP contribution in [0.2, 0.25) is 0 Å². The van der Waals surface area contributed by atoms with Crippen molar-refractivity contribution in [3.8, 4) is 0 Å². The fourth-order valence-corrected chi connectivity index (χ4v) is 0.848. The second-order valence-corrected chi connectivity index (χ2v) is 2.61. The van der Waals surface area contributed by atoms with E-state index in [1.165, 1.54) is 4.68 Å². The molecule has 0 fully saturated rings. The third-order valence-corrected chi connectivity index (χ3v) is 1.58. The first kappa shape index (κ1) is 9.24. The Kier molecular flexibility index (Phi) is 2.32. The number of amides is 3. The van der Waals surface area contributed by atoms with Crippen LogP contribution in [0.3, 0.4) is 0 Å². The van der Waals surface area contributed by atoms with E-state index < -0.39 is 11.9 Å². The summed E-state index contributed by atoms with van der Waals surface area (Å²) in [5.74, 6) is -0.587. The Balaban J connectivity index is 2.83. The van der Waals surface area contributed by atoms with Crippen LogP contribution in [0.4, 0.5) is 4.79 Å². The zero-order valence-corrected chi connectivity index (χ0v) is 7.37. The molecule has 13 heavy (non-hydrogen) atoms. The van der Waals surface area contributed by atoms with Gasteiger partial charge in [0.05, 0.1) is 0 Å². The Morgan fingerprint density at radius 2 is 2.23 bits per heavy atom. The summed E-state index contributed by atoms with van der Waals surface area (Å²) in [5.41, 5.74) is 5.78. The number of aromatic nitrogens is 2. The van der Waals surface area contributed by atoms with Gasteiger partial charge in [0, 0.05) is 12.7 Å². The van der Waals surface area contributed by atoms with E-state index in [1.807, 2.05) is 5.32 Å². The second-order valence-electron chi connectivity index (χ2n) is 2.61. The third kappa shape index (κ3) is 2.05. The molecule has 3 amide bonds. The Morgan fingerprint density at radius 1 is 1.62 bits per heavy atom. The third-order valence-electron chi connectivity index (χ3n) is 1.58. The molecule has 0 aliphatic heterocycles. The van der Waals surface area contributed by atoms with Gasteiger partial charge >= 0.3 is 6.03 Å². The molecule has 0 bridgehead atoms. The van der Waals surface area contributed by atoms with Crippen LogP contribution in [0.15, 0.2) is 6.07 Å². The molecule has 0 unspecified atom stereocenters. The molecule has 6 heteroatoms. The number of carbonyl (C=O) groups excluding carboxylic acids is 2. The minimum Gasteiger partial charge on any atom is -0.351 e. The molecule has 0 saturated carbocycles. The van der Waals surface area contributed by atoms with Crippen molar-refractivity contribution < 1.29 is 9.59 Å². The standard InChI is InChI=1S/C7H10N4O2/c1-4-3-5(10-11(4)2)6(12)9-7(8)13/h3H,1-2H3,(H3,8,9,12,13). The summed E-state index contributed by atoms with van der Waals surface area (Å²) >= 11 is 0. The molecule has 6 nitrogen and oxygen atoms in total. The molecule has 1 aromatic rings. The van der Waals surface area contributed by atoms with Gasteiger partial charge in [-0.15, -0.1) is 0 Å². The van der Waals surface area contributed by atoms with Gasteiger partial charge in [-0.2, -0.15) is 5.10 Å². The van der Waals surface area contributed by atoms with Crippen molar-refractivity contribution in [3.05, 3.63) is 17.5 Å². The molecule has 0 aliphatic carbocycles. The Morgan fingerprint density at radius 3 is 2.62 bits per heavy atom. The molecule has 0 aromatic carbocycles. The summed E-state index contributed by atoms with van der Waals surface area (Å²) in [6.07, 6.45) is 0. The van der Waals surface area contributed by atoms with Crippen molar-refractivity contribution in [2.75, 3.05) is 0 Å². The second kappa shape index (κ2) is 3.26. The maximum Gasteiger partial charge on any atom is 0.319 e. The zero-order valence-electron chi connectivity index (χ0n) is 7.37. The minimum absolute atomic E-state index is 0.179. The predicted octanol–water partition coefficient (Wildman–Crippen LogP) is -0.463.